The number of nitrogens with one attached hydrogen (secondary N) is 2. The van der Waals surface area contributed by atoms with Gasteiger partial charge in [-0.1, -0.05) is 13.3 Å². The van der Waals surface area contributed by atoms with Crippen LogP contribution in [0.1, 0.15) is 51.9 Å². The molecule has 0 spiro atoms. The third kappa shape index (κ3) is 3.29. The molecule has 1 aliphatic heterocycles. The zero-order valence-electron chi connectivity index (χ0n) is 11.9. The molecule has 0 aromatic carbocycles. The van der Waals surface area contributed by atoms with Crippen molar-refractivity contribution in [3.05, 3.63) is 0 Å². The third-order valence-corrected chi connectivity index (χ3v) is 5.13. The number of ether oxygens (including phenoxy) is 1. The molecule has 0 aromatic rings. The topological polar surface area (TPSA) is 33.3 Å². The summed E-state index contributed by atoms with van der Waals surface area (Å²) >= 11 is 0. The molecule has 1 saturated heterocycles. The quantitative estimate of drug-likeness (QED) is 0.826. The Kier molecular flexibility index (Phi) is 4.40. The Balaban J connectivity index is 1.42. The van der Waals surface area contributed by atoms with Crippen molar-refractivity contribution in [2.24, 2.45) is 5.92 Å². The van der Waals surface area contributed by atoms with Crippen molar-refractivity contribution < 1.29 is 9.13 Å². The van der Waals surface area contributed by atoms with Crippen LogP contribution < -0.4 is 10.6 Å². The van der Waals surface area contributed by atoms with Gasteiger partial charge in [-0.3, -0.25) is 10.6 Å². The Labute approximate surface area is 115 Å². The highest BCUT2D eigenvalue weighted by Gasteiger charge is 2.38. The number of alkyl halides is 1. The first kappa shape index (κ1) is 13.8. The fourth-order valence-electron chi connectivity index (χ4n) is 3.94. The summed E-state index contributed by atoms with van der Waals surface area (Å²) in [6.07, 6.45) is 7.06. The van der Waals surface area contributed by atoms with E-state index in [0.29, 0.717) is 31.1 Å². The van der Waals surface area contributed by atoms with Crippen LogP contribution in [0.5, 0.6) is 0 Å². The Bertz CT molecular complexity index is 294. The molecule has 19 heavy (non-hydrogen) atoms. The lowest BCUT2D eigenvalue weighted by Gasteiger charge is -2.30. The van der Waals surface area contributed by atoms with E-state index in [0.717, 1.165) is 25.4 Å². The van der Waals surface area contributed by atoms with Gasteiger partial charge >= 0.3 is 0 Å². The van der Waals surface area contributed by atoms with Gasteiger partial charge < -0.3 is 4.74 Å². The van der Waals surface area contributed by atoms with Gasteiger partial charge in [-0.2, -0.15) is 0 Å². The van der Waals surface area contributed by atoms with Crippen LogP contribution in [0.2, 0.25) is 0 Å². The van der Waals surface area contributed by atoms with Gasteiger partial charge in [0.2, 0.25) is 0 Å². The van der Waals surface area contributed by atoms with E-state index in [9.17, 15) is 4.39 Å². The average Bonchev–Trinajstić information content (AvgIpc) is 2.83. The minimum atomic E-state index is -0.591. The molecule has 0 radical (unpaired) electrons. The Morgan fingerprint density at radius 3 is 2.58 bits per heavy atom. The average molecular weight is 270 g/mol. The van der Waals surface area contributed by atoms with Crippen molar-refractivity contribution in [3.63, 3.8) is 0 Å². The van der Waals surface area contributed by atoms with Crippen LogP contribution in [0.15, 0.2) is 0 Å². The van der Waals surface area contributed by atoms with Crippen LogP contribution in [0.3, 0.4) is 0 Å². The Hall–Kier alpha value is -0.190. The van der Waals surface area contributed by atoms with E-state index < -0.39 is 6.17 Å². The number of rotatable bonds is 3. The van der Waals surface area contributed by atoms with Crippen LogP contribution in [0.25, 0.3) is 0 Å². The van der Waals surface area contributed by atoms with Gasteiger partial charge in [0.15, 0.2) is 0 Å². The molecule has 4 unspecified atom stereocenters. The molecule has 110 valence electrons. The monoisotopic (exact) mass is 270 g/mol. The smallest absolute Gasteiger partial charge is 0.100 e. The van der Waals surface area contributed by atoms with Gasteiger partial charge in [-0.25, -0.2) is 4.39 Å². The summed E-state index contributed by atoms with van der Waals surface area (Å²) in [6, 6.07) is 1.24. The van der Waals surface area contributed by atoms with Crippen molar-refractivity contribution >= 4 is 0 Å². The van der Waals surface area contributed by atoms with Crippen LogP contribution >= 0.6 is 0 Å². The fourth-order valence-corrected chi connectivity index (χ4v) is 3.94. The number of hydrogen-bond acceptors (Lipinski definition) is 3. The van der Waals surface area contributed by atoms with Crippen molar-refractivity contribution in [2.45, 2.75) is 82.4 Å². The summed E-state index contributed by atoms with van der Waals surface area (Å²) in [5.74, 6) is 0.762. The molecular weight excluding hydrogens is 243 g/mol. The highest BCUT2D eigenvalue weighted by Crippen LogP contribution is 2.28. The molecule has 0 bridgehead atoms. The second-order valence-electron chi connectivity index (χ2n) is 6.63. The van der Waals surface area contributed by atoms with E-state index >= 15 is 0 Å². The van der Waals surface area contributed by atoms with Gasteiger partial charge in [-0.05, 0) is 44.4 Å². The number of fused-ring (bicyclic) bond motifs is 1. The van der Waals surface area contributed by atoms with E-state index in [1.54, 1.807) is 0 Å². The zero-order valence-corrected chi connectivity index (χ0v) is 11.9. The lowest BCUT2D eigenvalue weighted by molar-refractivity contribution is 0.00130. The van der Waals surface area contributed by atoms with E-state index in [4.69, 9.17) is 4.74 Å². The first-order chi connectivity index (χ1) is 9.22. The maximum Gasteiger partial charge on any atom is 0.100 e. The summed E-state index contributed by atoms with van der Waals surface area (Å²) in [7, 11) is 0. The Morgan fingerprint density at radius 1 is 1.05 bits per heavy atom. The molecule has 4 heteroatoms. The molecule has 3 fully saturated rings. The molecule has 3 aliphatic rings. The van der Waals surface area contributed by atoms with Gasteiger partial charge in [0.1, 0.15) is 6.17 Å². The molecule has 3 rings (SSSR count). The normalized spacial score (nSPS) is 47.1. The van der Waals surface area contributed by atoms with E-state index in [-0.39, 0.29) is 6.10 Å². The third-order valence-electron chi connectivity index (χ3n) is 5.13. The van der Waals surface area contributed by atoms with E-state index in [1.807, 2.05) is 0 Å². The molecule has 2 aliphatic carbocycles. The lowest BCUT2D eigenvalue weighted by atomic mass is 9.83. The maximum absolute atomic E-state index is 13.1. The van der Waals surface area contributed by atoms with Gasteiger partial charge in [0.05, 0.1) is 18.9 Å². The number of halogens is 1. The maximum atomic E-state index is 13.1. The largest absolute Gasteiger partial charge is 0.375 e. The van der Waals surface area contributed by atoms with Crippen LogP contribution in [-0.2, 0) is 4.74 Å². The molecule has 3 nitrogen and oxygen atoms in total. The van der Waals surface area contributed by atoms with Crippen LogP contribution in [0.4, 0.5) is 4.39 Å². The minimum absolute atomic E-state index is 0.274. The number of hydrogen-bond donors (Lipinski definition) is 2. The SMILES string of the molecule is CC1CCCC2NC(COC3CCC(F)CC3)NC12. The predicted molar refractivity (Wildman–Crippen MR) is 73.8 cm³/mol. The summed E-state index contributed by atoms with van der Waals surface area (Å²) in [6.45, 7) is 3.07. The van der Waals surface area contributed by atoms with Gasteiger partial charge in [0.25, 0.3) is 0 Å². The molecular formula is C15H27FN2O. The highest BCUT2D eigenvalue weighted by molar-refractivity contribution is 4.98. The molecule has 1 heterocycles. The van der Waals surface area contributed by atoms with Crippen molar-refractivity contribution in [1.82, 2.24) is 10.6 Å². The lowest BCUT2D eigenvalue weighted by Crippen LogP contribution is -2.42. The predicted octanol–water partition coefficient (Wildman–Crippen LogP) is 2.36. The van der Waals surface area contributed by atoms with E-state index in [1.165, 1.54) is 19.3 Å². The molecule has 2 N–H and O–H groups in total. The van der Waals surface area contributed by atoms with Crippen molar-refractivity contribution in [3.8, 4) is 0 Å². The minimum Gasteiger partial charge on any atom is -0.375 e. The first-order valence-electron chi connectivity index (χ1n) is 8.00. The van der Waals surface area contributed by atoms with Crippen LogP contribution in [0, 0.1) is 5.92 Å². The summed E-state index contributed by atoms with van der Waals surface area (Å²) in [5.41, 5.74) is 0. The summed E-state index contributed by atoms with van der Waals surface area (Å²) in [4.78, 5) is 0. The van der Waals surface area contributed by atoms with Gasteiger partial charge in [-0.15, -0.1) is 0 Å². The summed E-state index contributed by atoms with van der Waals surface area (Å²) in [5, 5.41) is 7.34. The van der Waals surface area contributed by atoms with Gasteiger partial charge in [0, 0.05) is 12.1 Å². The van der Waals surface area contributed by atoms with Crippen LogP contribution in [-0.4, -0.2) is 37.1 Å². The standard InChI is InChI=1S/C15H27FN2O/c1-10-3-2-4-13-15(10)18-14(17-13)9-19-12-7-5-11(16)6-8-12/h10-15,17-18H,2-9H2,1H3. The van der Waals surface area contributed by atoms with Crippen molar-refractivity contribution in [1.29, 1.82) is 0 Å². The highest BCUT2D eigenvalue weighted by atomic mass is 19.1. The molecule has 2 saturated carbocycles. The molecule has 4 atom stereocenters. The fraction of sp³-hybridized carbons (Fsp3) is 1.00. The molecule has 0 aromatic heterocycles. The zero-order chi connectivity index (χ0) is 13.2. The second kappa shape index (κ2) is 6.06. The molecule has 0 amide bonds. The van der Waals surface area contributed by atoms with Crippen molar-refractivity contribution in [2.75, 3.05) is 6.61 Å². The second-order valence-corrected chi connectivity index (χ2v) is 6.63. The first-order valence-corrected chi connectivity index (χ1v) is 8.00. The summed E-state index contributed by atoms with van der Waals surface area (Å²) < 4.78 is 19.0. The van der Waals surface area contributed by atoms with E-state index in [2.05, 4.69) is 17.6 Å². The Morgan fingerprint density at radius 2 is 1.84 bits per heavy atom.